The Bertz CT molecular complexity index is 901. The predicted octanol–water partition coefficient (Wildman–Crippen LogP) is 1.21. The molecule has 1 aliphatic heterocycles. The Hall–Kier alpha value is -1.79. The second-order valence-corrected chi connectivity index (χ2v) is 9.55. The zero-order chi connectivity index (χ0) is 21.0. The van der Waals surface area contributed by atoms with E-state index in [1.165, 1.54) is 13.8 Å². The van der Waals surface area contributed by atoms with Crippen molar-refractivity contribution in [2.75, 3.05) is 32.8 Å². The van der Waals surface area contributed by atoms with Crippen molar-refractivity contribution in [2.24, 2.45) is 0 Å². The number of rotatable bonds is 8. The zero-order valence-corrected chi connectivity index (χ0v) is 18.3. The Balaban J connectivity index is 1.63. The standard InChI is InChI=1S/C18H26N4O5S2/c1-12-17(14(3)27-20-12)29(24,25)21-13(2)18(23)19-11-15(16-5-4-10-28-16)22-6-8-26-9-7-22/h4-5,10,13,15,21H,6-9,11H2,1-3H3,(H,19,23)/t13-,15?/m0/s1. The van der Waals surface area contributed by atoms with Gasteiger partial charge in [0.2, 0.25) is 15.9 Å². The van der Waals surface area contributed by atoms with Gasteiger partial charge in [-0.3, -0.25) is 9.69 Å². The van der Waals surface area contributed by atoms with Crippen molar-refractivity contribution in [1.29, 1.82) is 0 Å². The maximum atomic E-state index is 12.6. The van der Waals surface area contributed by atoms with Crippen LogP contribution < -0.4 is 10.0 Å². The molecule has 1 amide bonds. The molecule has 0 aliphatic carbocycles. The number of hydrogen-bond acceptors (Lipinski definition) is 8. The van der Waals surface area contributed by atoms with Crippen LogP contribution in [0.2, 0.25) is 0 Å². The van der Waals surface area contributed by atoms with E-state index in [0.717, 1.165) is 18.0 Å². The Morgan fingerprint density at radius 1 is 1.34 bits per heavy atom. The third kappa shape index (κ3) is 5.23. The molecule has 2 N–H and O–H groups in total. The SMILES string of the molecule is Cc1noc(C)c1S(=O)(=O)N[C@@H](C)C(=O)NCC(c1cccs1)N1CCOCC1. The number of sulfonamides is 1. The maximum absolute atomic E-state index is 12.6. The van der Waals surface area contributed by atoms with Crippen molar-refractivity contribution in [3.8, 4) is 0 Å². The highest BCUT2D eigenvalue weighted by Crippen LogP contribution is 2.25. The zero-order valence-electron chi connectivity index (χ0n) is 16.7. The topological polar surface area (TPSA) is 114 Å². The van der Waals surface area contributed by atoms with Crippen LogP contribution in [0.25, 0.3) is 0 Å². The summed E-state index contributed by atoms with van der Waals surface area (Å²) in [4.78, 5) is 16.0. The monoisotopic (exact) mass is 442 g/mol. The van der Waals surface area contributed by atoms with Gasteiger partial charge in [-0.1, -0.05) is 11.2 Å². The van der Waals surface area contributed by atoms with Crippen LogP contribution in [-0.2, 0) is 19.6 Å². The lowest BCUT2D eigenvalue weighted by molar-refractivity contribution is -0.122. The number of carbonyl (C=O) groups excluding carboxylic acids is 1. The molecule has 3 rings (SSSR count). The molecule has 9 nitrogen and oxygen atoms in total. The molecule has 2 aromatic rings. The van der Waals surface area contributed by atoms with Gasteiger partial charge in [-0.05, 0) is 32.2 Å². The molecule has 1 saturated heterocycles. The molecule has 0 saturated carbocycles. The van der Waals surface area contributed by atoms with Crippen molar-refractivity contribution in [2.45, 2.75) is 37.8 Å². The van der Waals surface area contributed by atoms with Crippen LogP contribution >= 0.6 is 11.3 Å². The molecule has 0 aromatic carbocycles. The van der Waals surface area contributed by atoms with Crippen molar-refractivity contribution < 1.29 is 22.5 Å². The molecule has 0 bridgehead atoms. The van der Waals surface area contributed by atoms with E-state index in [1.54, 1.807) is 18.3 Å². The summed E-state index contributed by atoms with van der Waals surface area (Å²) < 4.78 is 38.0. The second kappa shape index (κ2) is 9.35. The number of aryl methyl sites for hydroxylation is 2. The lowest BCUT2D eigenvalue weighted by Crippen LogP contribution is -2.48. The molecule has 11 heteroatoms. The fraction of sp³-hybridized carbons (Fsp3) is 0.556. The minimum atomic E-state index is -3.92. The highest BCUT2D eigenvalue weighted by molar-refractivity contribution is 7.89. The van der Waals surface area contributed by atoms with E-state index in [0.29, 0.717) is 19.8 Å². The number of aromatic nitrogens is 1. The van der Waals surface area contributed by atoms with Gasteiger partial charge >= 0.3 is 0 Å². The average molecular weight is 443 g/mol. The van der Waals surface area contributed by atoms with E-state index >= 15 is 0 Å². The number of amides is 1. The summed E-state index contributed by atoms with van der Waals surface area (Å²) >= 11 is 1.63. The van der Waals surface area contributed by atoms with Crippen LogP contribution in [0.4, 0.5) is 0 Å². The molecule has 160 valence electrons. The molecule has 0 radical (unpaired) electrons. The molecule has 1 fully saturated rings. The highest BCUT2D eigenvalue weighted by atomic mass is 32.2. The van der Waals surface area contributed by atoms with Crippen LogP contribution in [0.15, 0.2) is 26.9 Å². The third-order valence-corrected chi connectivity index (χ3v) is 7.55. The minimum absolute atomic E-state index is 0.0224. The van der Waals surface area contributed by atoms with E-state index in [-0.39, 0.29) is 22.4 Å². The summed E-state index contributed by atoms with van der Waals surface area (Å²) in [6, 6.07) is 3.10. The number of morpholine rings is 1. The number of hydrogen-bond donors (Lipinski definition) is 2. The summed E-state index contributed by atoms with van der Waals surface area (Å²) in [5.41, 5.74) is 0.257. The summed E-state index contributed by atoms with van der Waals surface area (Å²) in [6.45, 7) is 7.85. The molecule has 3 heterocycles. The average Bonchev–Trinajstić information content (AvgIpc) is 3.32. The third-order valence-electron chi connectivity index (χ3n) is 4.79. The Morgan fingerprint density at radius 2 is 2.07 bits per heavy atom. The summed E-state index contributed by atoms with van der Waals surface area (Å²) in [7, 11) is -3.92. The second-order valence-electron chi connectivity index (χ2n) is 6.92. The van der Waals surface area contributed by atoms with Crippen LogP contribution in [-0.4, -0.2) is 63.3 Å². The van der Waals surface area contributed by atoms with Gasteiger partial charge in [0.1, 0.15) is 10.6 Å². The van der Waals surface area contributed by atoms with E-state index in [4.69, 9.17) is 9.26 Å². The molecule has 1 unspecified atom stereocenters. The number of nitrogens with zero attached hydrogens (tertiary/aromatic N) is 2. The largest absolute Gasteiger partial charge is 0.379 e. The van der Waals surface area contributed by atoms with E-state index in [2.05, 4.69) is 20.1 Å². The molecule has 1 aliphatic rings. The van der Waals surface area contributed by atoms with Gasteiger partial charge in [0.05, 0.1) is 25.3 Å². The quantitative estimate of drug-likeness (QED) is 0.632. The highest BCUT2D eigenvalue weighted by Gasteiger charge is 2.29. The Labute approximate surface area is 174 Å². The van der Waals surface area contributed by atoms with Crippen molar-refractivity contribution in [3.63, 3.8) is 0 Å². The smallest absolute Gasteiger partial charge is 0.246 e. The Kier molecular flexibility index (Phi) is 7.06. The molecule has 2 aromatic heterocycles. The summed E-state index contributed by atoms with van der Waals surface area (Å²) in [6.07, 6.45) is 0. The fourth-order valence-electron chi connectivity index (χ4n) is 3.33. The van der Waals surface area contributed by atoms with Crippen LogP contribution in [0.1, 0.15) is 29.3 Å². The fourth-order valence-corrected chi connectivity index (χ4v) is 5.73. The molecule has 29 heavy (non-hydrogen) atoms. The van der Waals surface area contributed by atoms with E-state index in [1.807, 2.05) is 17.5 Å². The Morgan fingerprint density at radius 3 is 2.66 bits per heavy atom. The normalized spacial score (nSPS) is 17.8. The van der Waals surface area contributed by atoms with Gasteiger partial charge in [-0.2, -0.15) is 4.72 Å². The van der Waals surface area contributed by atoms with E-state index in [9.17, 15) is 13.2 Å². The lowest BCUT2D eigenvalue weighted by atomic mass is 10.2. The predicted molar refractivity (Wildman–Crippen MR) is 108 cm³/mol. The van der Waals surface area contributed by atoms with Crippen LogP contribution in [0.5, 0.6) is 0 Å². The summed E-state index contributed by atoms with van der Waals surface area (Å²) in [5.74, 6) is -0.206. The summed E-state index contributed by atoms with van der Waals surface area (Å²) in [5, 5.41) is 8.55. The lowest BCUT2D eigenvalue weighted by Gasteiger charge is -2.34. The number of carbonyl (C=O) groups is 1. The first kappa shape index (κ1) is 21.9. The van der Waals surface area contributed by atoms with Gasteiger partial charge in [0.15, 0.2) is 5.76 Å². The maximum Gasteiger partial charge on any atom is 0.246 e. The number of ether oxygens (including phenoxy) is 1. The molecule has 0 spiro atoms. The molecule has 2 atom stereocenters. The van der Waals surface area contributed by atoms with Crippen molar-refractivity contribution >= 4 is 27.3 Å². The van der Waals surface area contributed by atoms with E-state index < -0.39 is 22.0 Å². The molecular weight excluding hydrogens is 416 g/mol. The van der Waals surface area contributed by atoms with Crippen molar-refractivity contribution in [3.05, 3.63) is 33.8 Å². The minimum Gasteiger partial charge on any atom is -0.379 e. The van der Waals surface area contributed by atoms with Gasteiger partial charge < -0.3 is 14.6 Å². The van der Waals surface area contributed by atoms with Crippen LogP contribution in [0, 0.1) is 13.8 Å². The van der Waals surface area contributed by atoms with Crippen LogP contribution in [0.3, 0.4) is 0 Å². The van der Waals surface area contributed by atoms with Crippen molar-refractivity contribution in [1.82, 2.24) is 20.1 Å². The number of thiophene rings is 1. The molecular formula is C18H26N4O5S2. The first-order valence-corrected chi connectivity index (χ1v) is 11.7. The van der Waals surface area contributed by atoms with Gasteiger partial charge in [-0.15, -0.1) is 11.3 Å². The van der Waals surface area contributed by atoms with Gasteiger partial charge in [-0.25, -0.2) is 8.42 Å². The first-order chi connectivity index (χ1) is 13.8. The first-order valence-electron chi connectivity index (χ1n) is 9.37. The van der Waals surface area contributed by atoms with Gasteiger partial charge in [0, 0.05) is 24.5 Å². The van der Waals surface area contributed by atoms with Gasteiger partial charge in [0.25, 0.3) is 0 Å². The number of nitrogens with one attached hydrogen (secondary N) is 2.